The van der Waals surface area contributed by atoms with Crippen LogP contribution in [0.25, 0.3) is 10.9 Å². The minimum Gasteiger partial charge on any atom is -0.371 e. The van der Waals surface area contributed by atoms with Gasteiger partial charge in [-0.1, -0.05) is 6.07 Å². The summed E-state index contributed by atoms with van der Waals surface area (Å²) < 4.78 is 28.6. The van der Waals surface area contributed by atoms with E-state index in [1.165, 1.54) is 24.3 Å². The molecule has 0 spiro atoms. The van der Waals surface area contributed by atoms with Gasteiger partial charge < -0.3 is 20.1 Å². The molecule has 2 aliphatic heterocycles. The Labute approximate surface area is 190 Å². The van der Waals surface area contributed by atoms with Crippen LogP contribution < -0.4 is 10.2 Å². The monoisotopic (exact) mass is 452 g/mol. The summed E-state index contributed by atoms with van der Waals surface area (Å²) in [5.74, 6) is -0.849. The average molecular weight is 453 g/mol. The van der Waals surface area contributed by atoms with Gasteiger partial charge in [0, 0.05) is 49.4 Å². The standard InChI is InChI=1S/C25H26F2N4O2/c1-14-3-4-21(27)20-12-22(29-24(14)20)25(33)28-18-9-17(26)10-19(11-18)30-7-6-23-16(13-30)5-8-31(23)15(2)32/h3-4,9-12,16,23,29H,5-8,13H2,1-2H3,(H,28,33)/t16-,23-/m0/s1. The van der Waals surface area contributed by atoms with Crippen LogP contribution in [0.15, 0.2) is 36.4 Å². The van der Waals surface area contributed by atoms with Gasteiger partial charge in [0.1, 0.15) is 17.3 Å². The molecule has 0 unspecified atom stereocenters. The summed E-state index contributed by atoms with van der Waals surface area (Å²) >= 11 is 0. The first-order valence-electron chi connectivity index (χ1n) is 11.2. The molecular formula is C25H26F2N4O2. The van der Waals surface area contributed by atoms with Crippen LogP contribution in [0, 0.1) is 24.5 Å². The Hall–Kier alpha value is -3.42. The van der Waals surface area contributed by atoms with Crippen molar-refractivity contribution in [3.05, 3.63) is 59.3 Å². The third-order valence-electron chi connectivity index (χ3n) is 6.94. The number of nitrogens with zero attached hydrogens (tertiary/aromatic N) is 2. The lowest BCUT2D eigenvalue weighted by atomic mass is 9.92. The van der Waals surface area contributed by atoms with Crippen molar-refractivity contribution in [2.75, 3.05) is 29.9 Å². The smallest absolute Gasteiger partial charge is 0.272 e. The lowest BCUT2D eigenvalue weighted by Crippen LogP contribution is -2.47. The maximum atomic E-state index is 14.5. The van der Waals surface area contributed by atoms with E-state index in [9.17, 15) is 18.4 Å². The Bertz CT molecular complexity index is 1220. The first-order chi connectivity index (χ1) is 15.8. The molecule has 5 rings (SSSR count). The number of rotatable bonds is 3. The van der Waals surface area contributed by atoms with Crippen LogP contribution in [-0.4, -0.2) is 47.4 Å². The van der Waals surface area contributed by atoms with Crippen LogP contribution >= 0.6 is 0 Å². The summed E-state index contributed by atoms with van der Waals surface area (Å²) in [4.78, 5) is 31.7. The van der Waals surface area contributed by atoms with E-state index in [1.807, 2.05) is 11.8 Å². The van der Waals surface area contributed by atoms with E-state index in [0.29, 0.717) is 34.7 Å². The molecule has 2 amide bonds. The second-order valence-electron chi connectivity index (χ2n) is 9.05. The number of aromatic nitrogens is 1. The summed E-state index contributed by atoms with van der Waals surface area (Å²) in [6, 6.07) is 9.24. The molecular weight excluding hydrogens is 426 g/mol. The zero-order chi connectivity index (χ0) is 23.3. The predicted octanol–water partition coefficient (Wildman–Crippen LogP) is 4.45. The number of halogens is 2. The Morgan fingerprint density at radius 1 is 1.09 bits per heavy atom. The normalized spacial score (nSPS) is 20.2. The van der Waals surface area contributed by atoms with Crippen LogP contribution in [0.1, 0.15) is 35.8 Å². The van der Waals surface area contributed by atoms with E-state index in [1.54, 1.807) is 19.1 Å². The molecule has 172 valence electrons. The van der Waals surface area contributed by atoms with Crippen LogP contribution in [0.4, 0.5) is 20.2 Å². The van der Waals surface area contributed by atoms with E-state index in [0.717, 1.165) is 31.5 Å². The predicted molar refractivity (Wildman–Crippen MR) is 123 cm³/mol. The number of benzene rings is 2. The molecule has 2 aliphatic rings. The molecule has 2 fully saturated rings. The summed E-state index contributed by atoms with van der Waals surface area (Å²) in [6.45, 7) is 5.67. The zero-order valence-electron chi connectivity index (χ0n) is 18.6. The van der Waals surface area contributed by atoms with Crippen molar-refractivity contribution >= 4 is 34.1 Å². The highest BCUT2D eigenvalue weighted by Crippen LogP contribution is 2.34. The number of aryl methyl sites for hydroxylation is 1. The third-order valence-corrected chi connectivity index (χ3v) is 6.94. The molecule has 0 bridgehead atoms. The molecule has 2 aromatic carbocycles. The molecule has 33 heavy (non-hydrogen) atoms. The molecule has 0 aliphatic carbocycles. The Morgan fingerprint density at radius 2 is 1.91 bits per heavy atom. The van der Waals surface area contributed by atoms with E-state index in [4.69, 9.17) is 0 Å². The first-order valence-corrected chi connectivity index (χ1v) is 11.2. The quantitative estimate of drug-likeness (QED) is 0.617. The molecule has 1 aromatic heterocycles. The van der Waals surface area contributed by atoms with Crippen molar-refractivity contribution < 1.29 is 18.4 Å². The van der Waals surface area contributed by atoms with Crippen molar-refractivity contribution in [2.24, 2.45) is 5.92 Å². The van der Waals surface area contributed by atoms with Gasteiger partial charge in [-0.25, -0.2) is 8.78 Å². The molecule has 0 saturated carbocycles. The summed E-state index contributed by atoms with van der Waals surface area (Å²) in [5, 5.41) is 3.08. The molecule has 6 nitrogen and oxygen atoms in total. The topological polar surface area (TPSA) is 68.4 Å². The molecule has 2 atom stereocenters. The number of H-pyrrole nitrogens is 1. The number of aromatic amines is 1. The van der Waals surface area contributed by atoms with Crippen molar-refractivity contribution in [3.8, 4) is 0 Å². The second kappa shape index (κ2) is 8.17. The van der Waals surface area contributed by atoms with Gasteiger partial charge in [0.2, 0.25) is 5.91 Å². The third kappa shape index (κ3) is 3.94. The highest BCUT2D eigenvalue weighted by molar-refractivity contribution is 6.06. The number of hydrogen-bond donors (Lipinski definition) is 2. The van der Waals surface area contributed by atoms with Gasteiger partial charge in [-0.3, -0.25) is 9.59 Å². The van der Waals surface area contributed by atoms with Crippen LogP contribution in [0.2, 0.25) is 0 Å². The number of carbonyl (C=O) groups is 2. The maximum absolute atomic E-state index is 14.5. The van der Waals surface area contributed by atoms with Gasteiger partial charge in [0.15, 0.2) is 0 Å². The van der Waals surface area contributed by atoms with E-state index in [2.05, 4.69) is 15.2 Å². The SMILES string of the molecule is CC(=O)N1CC[C@H]2CN(c3cc(F)cc(NC(=O)c4cc5c(F)ccc(C)c5[nH]4)c3)CC[C@@H]21. The van der Waals surface area contributed by atoms with E-state index >= 15 is 0 Å². The van der Waals surface area contributed by atoms with Gasteiger partial charge >= 0.3 is 0 Å². The minimum absolute atomic E-state index is 0.110. The van der Waals surface area contributed by atoms with Gasteiger partial charge in [0.25, 0.3) is 5.91 Å². The summed E-state index contributed by atoms with van der Waals surface area (Å²) in [5.41, 5.74) is 2.64. The molecule has 2 saturated heterocycles. The molecule has 0 radical (unpaired) electrons. The van der Waals surface area contributed by atoms with Crippen molar-refractivity contribution in [1.82, 2.24) is 9.88 Å². The fourth-order valence-electron chi connectivity index (χ4n) is 5.28. The maximum Gasteiger partial charge on any atom is 0.272 e. The number of likely N-dealkylation sites (tertiary alicyclic amines) is 1. The average Bonchev–Trinajstić information content (AvgIpc) is 3.41. The van der Waals surface area contributed by atoms with E-state index in [-0.39, 0.29) is 17.6 Å². The van der Waals surface area contributed by atoms with Crippen LogP contribution in [-0.2, 0) is 4.79 Å². The lowest BCUT2D eigenvalue weighted by molar-refractivity contribution is -0.130. The number of amides is 2. The van der Waals surface area contributed by atoms with Crippen molar-refractivity contribution in [1.29, 1.82) is 0 Å². The van der Waals surface area contributed by atoms with Gasteiger partial charge in [-0.05, 0) is 61.6 Å². The molecule has 3 heterocycles. The lowest BCUT2D eigenvalue weighted by Gasteiger charge is -2.39. The number of piperidine rings is 1. The first kappa shape index (κ1) is 21.4. The van der Waals surface area contributed by atoms with Crippen molar-refractivity contribution in [3.63, 3.8) is 0 Å². The highest BCUT2D eigenvalue weighted by Gasteiger charge is 2.39. The van der Waals surface area contributed by atoms with Gasteiger partial charge in [-0.2, -0.15) is 0 Å². The number of nitrogens with one attached hydrogen (secondary N) is 2. The van der Waals surface area contributed by atoms with Gasteiger partial charge in [-0.15, -0.1) is 0 Å². The number of anilines is 2. The van der Waals surface area contributed by atoms with Crippen LogP contribution in [0.5, 0.6) is 0 Å². The van der Waals surface area contributed by atoms with E-state index < -0.39 is 17.5 Å². The highest BCUT2D eigenvalue weighted by atomic mass is 19.1. The Morgan fingerprint density at radius 3 is 2.67 bits per heavy atom. The fraction of sp³-hybridized carbons (Fsp3) is 0.360. The van der Waals surface area contributed by atoms with Crippen molar-refractivity contribution in [2.45, 2.75) is 32.7 Å². The minimum atomic E-state index is -0.465. The van der Waals surface area contributed by atoms with Gasteiger partial charge in [0.05, 0.1) is 5.52 Å². The second-order valence-corrected chi connectivity index (χ2v) is 9.05. The Kier molecular flexibility index (Phi) is 5.31. The fourth-order valence-corrected chi connectivity index (χ4v) is 5.28. The molecule has 2 N–H and O–H groups in total. The largest absolute Gasteiger partial charge is 0.371 e. The molecule has 8 heteroatoms. The summed E-state index contributed by atoms with van der Waals surface area (Å²) in [6.07, 6.45) is 1.78. The summed E-state index contributed by atoms with van der Waals surface area (Å²) in [7, 11) is 0. The zero-order valence-corrected chi connectivity index (χ0v) is 18.6. The number of hydrogen-bond acceptors (Lipinski definition) is 3. The number of fused-ring (bicyclic) bond motifs is 2. The Balaban J connectivity index is 1.34. The molecule has 3 aromatic rings. The van der Waals surface area contributed by atoms with Crippen LogP contribution in [0.3, 0.4) is 0 Å². The number of carbonyl (C=O) groups excluding carboxylic acids is 2.